The van der Waals surface area contributed by atoms with Gasteiger partial charge in [-0.15, -0.1) is 0 Å². The number of nitro groups is 1. The Morgan fingerprint density at radius 2 is 1.83 bits per heavy atom. The van der Waals surface area contributed by atoms with Crippen LogP contribution in [0.4, 0.5) is 14.5 Å². The fourth-order valence-corrected chi connectivity index (χ4v) is 2.58. The Kier molecular flexibility index (Phi) is 6.30. The number of alkyl halides is 2. The molecule has 3 rings (SSSR count). The van der Waals surface area contributed by atoms with Crippen molar-refractivity contribution < 1.29 is 32.7 Å². The zero-order valence-corrected chi connectivity index (χ0v) is 15.1. The molecule has 0 saturated heterocycles. The van der Waals surface area contributed by atoms with Gasteiger partial charge in [0.15, 0.2) is 6.10 Å². The summed E-state index contributed by atoms with van der Waals surface area (Å²) in [5, 5.41) is 10.7. The van der Waals surface area contributed by atoms with Crippen molar-refractivity contribution in [3.05, 3.63) is 88.0 Å². The SMILES string of the molecule is O=C(O[C@@H]1C=CC(F)(F)[C@H](COCc2ccccc2)O1)c1ccc([N+](=O)[O-])cc1. The molecule has 29 heavy (non-hydrogen) atoms. The number of hydrogen-bond donors (Lipinski definition) is 0. The maximum Gasteiger partial charge on any atom is 0.340 e. The summed E-state index contributed by atoms with van der Waals surface area (Å²) in [7, 11) is 0. The van der Waals surface area contributed by atoms with E-state index in [1.807, 2.05) is 6.07 Å². The van der Waals surface area contributed by atoms with Crippen molar-refractivity contribution in [1.82, 2.24) is 0 Å². The van der Waals surface area contributed by atoms with Crippen LogP contribution < -0.4 is 0 Å². The summed E-state index contributed by atoms with van der Waals surface area (Å²) in [6.45, 7) is -0.272. The largest absolute Gasteiger partial charge is 0.428 e. The van der Waals surface area contributed by atoms with Crippen LogP contribution in [-0.2, 0) is 20.8 Å². The zero-order chi connectivity index (χ0) is 20.9. The van der Waals surface area contributed by atoms with E-state index in [9.17, 15) is 23.7 Å². The van der Waals surface area contributed by atoms with E-state index in [0.29, 0.717) is 6.08 Å². The fraction of sp³-hybridized carbons (Fsp3) is 0.250. The van der Waals surface area contributed by atoms with Gasteiger partial charge in [-0.25, -0.2) is 4.79 Å². The molecule has 0 unspecified atom stereocenters. The minimum absolute atomic E-state index is 0.0295. The lowest BCUT2D eigenvalue weighted by atomic mass is 10.1. The lowest BCUT2D eigenvalue weighted by Gasteiger charge is -2.31. The van der Waals surface area contributed by atoms with Gasteiger partial charge in [0.05, 0.1) is 23.7 Å². The van der Waals surface area contributed by atoms with E-state index >= 15 is 0 Å². The molecule has 2 aromatic rings. The van der Waals surface area contributed by atoms with Crippen molar-refractivity contribution in [3.8, 4) is 0 Å². The van der Waals surface area contributed by atoms with E-state index in [2.05, 4.69) is 0 Å². The van der Waals surface area contributed by atoms with Crippen LogP contribution in [0.3, 0.4) is 0 Å². The maximum atomic E-state index is 14.1. The van der Waals surface area contributed by atoms with Gasteiger partial charge in [-0.1, -0.05) is 30.3 Å². The van der Waals surface area contributed by atoms with Crippen LogP contribution >= 0.6 is 0 Å². The van der Waals surface area contributed by atoms with Crippen LogP contribution in [0.5, 0.6) is 0 Å². The maximum absolute atomic E-state index is 14.1. The minimum atomic E-state index is -3.28. The standard InChI is InChI=1S/C20H17F2NO6/c21-20(22)11-10-18(28-17(20)13-27-12-14-4-2-1-3-5-14)29-19(24)15-6-8-16(9-7-15)23(25)26/h1-11,17-18H,12-13H2/t17-,18+/m0/s1. The lowest BCUT2D eigenvalue weighted by molar-refractivity contribution is -0.384. The second-order valence-corrected chi connectivity index (χ2v) is 6.24. The summed E-state index contributed by atoms with van der Waals surface area (Å²) in [5.74, 6) is -4.14. The quantitative estimate of drug-likeness (QED) is 0.301. The first-order valence-corrected chi connectivity index (χ1v) is 8.65. The molecule has 0 fully saturated rings. The van der Waals surface area contributed by atoms with Crippen molar-refractivity contribution in [2.75, 3.05) is 6.61 Å². The zero-order valence-electron chi connectivity index (χ0n) is 15.1. The average Bonchev–Trinajstić information content (AvgIpc) is 2.71. The van der Waals surface area contributed by atoms with Gasteiger partial charge in [-0.05, 0) is 29.8 Å². The molecule has 9 heteroatoms. The molecule has 0 aromatic heterocycles. The third-order valence-electron chi connectivity index (χ3n) is 4.12. The number of hydrogen-bond acceptors (Lipinski definition) is 6. The number of ether oxygens (including phenoxy) is 3. The van der Waals surface area contributed by atoms with Gasteiger partial charge in [0, 0.05) is 12.1 Å². The summed E-state index contributed by atoms with van der Waals surface area (Å²) in [6.07, 6.45) is -1.41. The van der Waals surface area contributed by atoms with Gasteiger partial charge >= 0.3 is 5.97 Å². The minimum Gasteiger partial charge on any atom is -0.428 e. The Balaban J connectivity index is 1.57. The molecule has 2 atom stereocenters. The molecule has 152 valence electrons. The Bertz CT molecular complexity index is 886. The van der Waals surface area contributed by atoms with E-state index in [0.717, 1.165) is 23.8 Å². The monoisotopic (exact) mass is 405 g/mol. The van der Waals surface area contributed by atoms with E-state index in [1.54, 1.807) is 24.3 Å². The molecule has 0 bridgehead atoms. The fourth-order valence-electron chi connectivity index (χ4n) is 2.58. The topological polar surface area (TPSA) is 87.9 Å². The number of carbonyl (C=O) groups is 1. The molecule has 0 amide bonds. The van der Waals surface area contributed by atoms with Crippen molar-refractivity contribution in [1.29, 1.82) is 0 Å². The number of esters is 1. The summed E-state index contributed by atoms with van der Waals surface area (Å²) < 4.78 is 43.7. The molecule has 1 heterocycles. The summed E-state index contributed by atoms with van der Waals surface area (Å²) in [6, 6.07) is 13.7. The number of non-ortho nitro benzene ring substituents is 1. The highest BCUT2D eigenvalue weighted by molar-refractivity contribution is 5.89. The molecule has 0 saturated carbocycles. The van der Waals surface area contributed by atoms with E-state index in [-0.39, 0.29) is 17.9 Å². The molecule has 0 spiro atoms. The molecule has 1 aliphatic rings. The predicted octanol–water partition coefficient (Wildman–Crippen LogP) is 3.88. The highest BCUT2D eigenvalue weighted by atomic mass is 19.3. The molecule has 0 radical (unpaired) electrons. The number of carbonyl (C=O) groups excluding carboxylic acids is 1. The molecule has 1 aliphatic heterocycles. The Hall–Kier alpha value is -3.17. The second kappa shape index (κ2) is 8.89. The van der Waals surface area contributed by atoms with Gasteiger partial charge in [0.1, 0.15) is 0 Å². The highest BCUT2D eigenvalue weighted by Gasteiger charge is 2.43. The molecule has 0 aliphatic carbocycles. The van der Waals surface area contributed by atoms with Crippen molar-refractivity contribution in [3.63, 3.8) is 0 Å². The van der Waals surface area contributed by atoms with Crippen molar-refractivity contribution in [2.24, 2.45) is 0 Å². The van der Waals surface area contributed by atoms with Gasteiger partial charge in [0.25, 0.3) is 11.6 Å². The van der Waals surface area contributed by atoms with E-state index in [4.69, 9.17) is 14.2 Å². The molecule has 0 N–H and O–H groups in total. The van der Waals surface area contributed by atoms with Gasteiger partial charge in [-0.2, -0.15) is 8.78 Å². The van der Waals surface area contributed by atoms with Crippen LogP contribution in [0.2, 0.25) is 0 Å². The van der Waals surface area contributed by atoms with Gasteiger partial charge in [-0.3, -0.25) is 10.1 Å². The highest BCUT2D eigenvalue weighted by Crippen LogP contribution is 2.30. The summed E-state index contributed by atoms with van der Waals surface area (Å²) >= 11 is 0. The molecule has 2 aromatic carbocycles. The first-order chi connectivity index (χ1) is 13.8. The number of rotatable bonds is 7. The predicted molar refractivity (Wildman–Crippen MR) is 97.4 cm³/mol. The summed E-state index contributed by atoms with van der Waals surface area (Å²) in [5.41, 5.74) is 0.663. The van der Waals surface area contributed by atoms with Gasteiger partial charge < -0.3 is 14.2 Å². The van der Waals surface area contributed by atoms with Crippen LogP contribution in [0.25, 0.3) is 0 Å². The first kappa shape index (κ1) is 20.6. The molecule has 7 nitrogen and oxygen atoms in total. The Morgan fingerprint density at radius 1 is 1.14 bits per heavy atom. The first-order valence-electron chi connectivity index (χ1n) is 8.65. The number of nitrogens with zero attached hydrogens (tertiary/aromatic N) is 1. The Labute approximate surface area is 164 Å². The Morgan fingerprint density at radius 3 is 2.48 bits per heavy atom. The van der Waals surface area contributed by atoms with Crippen LogP contribution in [0.1, 0.15) is 15.9 Å². The van der Waals surface area contributed by atoms with Crippen molar-refractivity contribution in [2.45, 2.75) is 24.9 Å². The van der Waals surface area contributed by atoms with Crippen molar-refractivity contribution >= 4 is 11.7 Å². The summed E-state index contributed by atoms with van der Waals surface area (Å²) in [4.78, 5) is 22.2. The van der Waals surface area contributed by atoms with E-state index in [1.165, 1.54) is 12.1 Å². The third-order valence-corrected chi connectivity index (χ3v) is 4.12. The van der Waals surface area contributed by atoms with Crippen LogP contribution in [-0.4, -0.2) is 35.8 Å². The van der Waals surface area contributed by atoms with E-state index < -0.39 is 35.8 Å². The number of halogens is 2. The average molecular weight is 405 g/mol. The third kappa shape index (κ3) is 5.43. The van der Waals surface area contributed by atoms with Crippen LogP contribution in [0, 0.1) is 10.1 Å². The number of benzene rings is 2. The molecular weight excluding hydrogens is 388 g/mol. The number of nitro benzene ring substituents is 1. The molecular formula is C20H17F2NO6. The smallest absolute Gasteiger partial charge is 0.340 e. The second-order valence-electron chi connectivity index (χ2n) is 6.24. The van der Waals surface area contributed by atoms with Crippen LogP contribution in [0.15, 0.2) is 66.7 Å². The lowest BCUT2D eigenvalue weighted by Crippen LogP contribution is -2.44. The van der Waals surface area contributed by atoms with Gasteiger partial charge in [0.2, 0.25) is 6.29 Å². The normalized spacial score (nSPS) is 20.2.